The Morgan fingerprint density at radius 3 is 2.48 bits per heavy atom. The fourth-order valence-electron chi connectivity index (χ4n) is 3.72. The predicted octanol–water partition coefficient (Wildman–Crippen LogP) is 2.55. The summed E-state index contributed by atoms with van der Waals surface area (Å²) >= 11 is 0. The topological polar surface area (TPSA) is 108 Å². The minimum absolute atomic E-state index is 0.00277. The molecule has 1 aliphatic carbocycles. The molecule has 2 fully saturated rings. The Balaban J connectivity index is 1.77. The average molecular weight is 406 g/mol. The van der Waals surface area contributed by atoms with Crippen LogP contribution in [0.3, 0.4) is 0 Å². The van der Waals surface area contributed by atoms with E-state index in [4.69, 9.17) is 10.6 Å². The van der Waals surface area contributed by atoms with Crippen molar-refractivity contribution in [3.05, 3.63) is 35.6 Å². The lowest BCUT2D eigenvalue weighted by atomic mass is 9.97. The van der Waals surface area contributed by atoms with Gasteiger partial charge in [-0.25, -0.2) is 14.0 Å². The lowest BCUT2D eigenvalue weighted by Crippen LogP contribution is -2.58. The van der Waals surface area contributed by atoms with Crippen molar-refractivity contribution >= 4 is 17.9 Å². The summed E-state index contributed by atoms with van der Waals surface area (Å²) in [5.74, 6) is -0.383. The maximum atomic E-state index is 13.4. The Bertz CT molecular complexity index is 781. The molecule has 9 heteroatoms. The summed E-state index contributed by atoms with van der Waals surface area (Å²) in [5.41, 5.74) is 6.53. The van der Waals surface area contributed by atoms with E-state index in [9.17, 15) is 19.1 Å². The molecule has 0 bridgehead atoms. The van der Waals surface area contributed by atoms with Gasteiger partial charge in [0.2, 0.25) is 0 Å². The molecule has 1 saturated heterocycles. The lowest BCUT2D eigenvalue weighted by molar-refractivity contribution is -0.146. The number of amidine groups is 1. The zero-order chi connectivity index (χ0) is 21.1. The Kier molecular flexibility index (Phi) is 6.36. The summed E-state index contributed by atoms with van der Waals surface area (Å²) in [5, 5.41) is 13.1. The number of hydrogen-bond donors (Lipinski definition) is 2. The second-order valence-corrected chi connectivity index (χ2v) is 7.85. The maximum Gasteiger partial charge on any atom is 0.407 e. The van der Waals surface area contributed by atoms with E-state index in [2.05, 4.69) is 10.1 Å². The van der Waals surface area contributed by atoms with Crippen molar-refractivity contribution in [3.63, 3.8) is 0 Å². The molecule has 0 aromatic heterocycles. The third kappa shape index (κ3) is 5.23. The smallest absolute Gasteiger partial charge is 0.407 e. The Morgan fingerprint density at radius 2 is 1.90 bits per heavy atom. The second-order valence-electron chi connectivity index (χ2n) is 7.85. The van der Waals surface area contributed by atoms with Crippen LogP contribution < -0.4 is 5.73 Å². The molecule has 1 aromatic carbocycles. The van der Waals surface area contributed by atoms with Gasteiger partial charge in [0.15, 0.2) is 0 Å². The number of rotatable bonds is 6. The van der Waals surface area contributed by atoms with E-state index in [0.717, 1.165) is 18.4 Å². The molecule has 1 aliphatic heterocycles. The largest absolute Gasteiger partial charge is 0.465 e. The SMILES string of the molecule is C[C@@H]1CN(C(=O)O)[C@@H](C)CN1C(CC(=O)O/N=C(/N)C1CC1)c1ccc(F)cc1. The molecule has 8 nitrogen and oxygen atoms in total. The van der Waals surface area contributed by atoms with Crippen LogP contribution in [0.4, 0.5) is 9.18 Å². The van der Waals surface area contributed by atoms with Crippen molar-refractivity contribution in [1.82, 2.24) is 9.80 Å². The van der Waals surface area contributed by atoms with Crippen molar-refractivity contribution in [2.75, 3.05) is 13.1 Å². The number of nitrogens with zero attached hydrogens (tertiary/aromatic N) is 3. The van der Waals surface area contributed by atoms with Crippen LogP contribution in [0, 0.1) is 11.7 Å². The van der Waals surface area contributed by atoms with E-state index >= 15 is 0 Å². The van der Waals surface area contributed by atoms with Crippen molar-refractivity contribution < 1.29 is 23.9 Å². The third-order valence-electron chi connectivity index (χ3n) is 5.54. The minimum Gasteiger partial charge on any atom is -0.465 e. The van der Waals surface area contributed by atoms with Crippen LogP contribution in [0.1, 0.15) is 44.7 Å². The highest BCUT2D eigenvalue weighted by molar-refractivity contribution is 5.85. The van der Waals surface area contributed by atoms with Gasteiger partial charge in [-0.2, -0.15) is 0 Å². The molecule has 1 heterocycles. The zero-order valence-electron chi connectivity index (χ0n) is 16.6. The standard InChI is InChI=1S/C20H27FN4O4/c1-12-11-25(20(27)28)13(2)10-24(12)17(14-5-7-16(21)8-6-14)9-18(26)29-23-19(22)15-3-4-15/h5-8,12-13,15,17H,3-4,9-11H2,1-2H3,(H2,22,23)(H,27,28)/t12-,13+,17?/m1/s1. The number of halogens is 1. The summed E-state index contributed by atoms with van der Waals surface area (Å²) < 4.78 is 13.4. The van der Waals surface area contributed by atoms with E-state index in [1.165, 1.54) is 17.0 Å². The Labute approximate surface area is 169 Å². The highest BCUT2D eigenvalue weighted by Gasteiger charge is 2.37. The van der Waals surface area contributed by atoms with Gasteiger partial charge in [0, 0.05) is 37.1 Å². The highest BCUT2D eigenvalue weighted by atomic mass is 19.1. The molecule has 1 saturated carbocycles. The predicted molar refractivity (Wildman–Crippen MR) is 105 cm³/mol. The van der Waals surface area contributed by atoms with E-state index in [0.29, 0.717) is 18.9 Å². The van der Waals surface area contributed by atoms with E-state index in [-0.39, 0.29) is 30.2 Å². The Hall–Kier alpha value is -2.68. The van der Waals surface area contributed by atoms with Gasteiger partial charge >= 0.3 is 12.1 Å². The number of nitrogens with two attached hydrogens (primary N) is 1. The van der Waals surface area contributed by atoms with Gasteiger partial charge in [0.1, 0.15) is 11.7 Å². The molecule has 1 amide bonds. The lowest BCUT2D eigenvalue weighted by Gasteiger charge is -2.46. The van der Waals surface area contributed by atoms with Crippen molar-refractivity contribution in [3.8, 4) is 0 Å². The van der Waals surface area contributed by atoms with Crippen LogP contribution in [-0.2, 0) is 9.63 Å². The average Bonchev–Trinajstić information content (AvgIpc) is 3.52. The first-order valence-corrected chi connectivity index (χ1v) is 9.80. The third-order valence-corrected chi connectivity index (χ3v) is 5.54. The molecule has 3 atom stereocenters. The van der Waals surface area contributed by atoms with Crippen LogP contribution in [0.2, 0.25) is 0 Å². The summed E-state index contributed by atoms with van der Waals surface area (Å²) in [6, 6.07) is 5.19. The number of amides is 1. The van der Waals surface area contributed by atoms with E-state index in [1.54, 1.807) is 12.1 Å². The van der Waals surface area contributed by atoms with Crippen molar-refractivity contribution in [2.24, 2.45) is 16.8 Å². The number of benzene rings is 1. The van der Waals surface area contributed by atoms with Crippen molar-refractivity contribution in [2.45, 2.75) is 51.2 Å². The van der Waals surface area contributed by atoms with E-state index < -0.39 is 18.1 Å². The molecule has 3 rings (SSSR count). The summed E-state index contributed by atoms with van der Waals surface area (Å²) in [4.78, 5) is 32.4. The second kappa shape index (κ2) is 8.77. The highest BCUT2D eigenvalue weighted by Crippen LogP contribution is 2.31. The normalized spacial score (nSPS) is 24.2. The number of oxime groups is 1. The Morgan fingerprint density at radius 1 is 1.24 bits per heavy atom. The van der Waals surface area contributed by atoms with Gasteiger partial charge in [-0.1, -0.05) is 17.3 Å². The van der Waals surface area contributed by atoms with Gasteiger partial charge in [0.05, 0.1) is 6.42 Å². The molecule has 2 aliphatic rings. The molecule has 0 radical (unpaired) electrons. The minimum atomic E-state index is -0.966. The van der Waals surface area contributed by atoms with Gasteiger partial charge in [0.25, 0.3) is 0 Å². The van der Waals surface area contributed by atoms with Gasteiger partial charge in [-0.3, -0.25) is 4.90 Å². The maximum absolute atomic E-state index is 13.4. The monoisotopic (exact) mass is 406 g/mol. The molecule has 1 unspecified atom stereocenters. The molecule has 29 heavy (non-hydrogen) atoms. The van der Waals surface area contributed by atoms with Crippen molar-refractivity contribution in [1.29, 1.82) is 0 Å². The zero-order valence-corrected chi connectivity index (χ0v) is 16.6. The molecular formula is C20H27FN4O4. The molecule has 158 valence electrons. The molecular weight excluding hydrogens is 379 g/mol. The first-order valence-electron chi connectivity index (χ1n) is 9.80. The number of piperazine rings is 1. The van der Waals surface area contributed by atoms with Gasteiger partial charge in [-0.05, 0) is 44.4 Å². The van der Waals surface area contributed by atoms with Crippen LogP contribution >= 0.6 is 0 Å². The van der Waals surface area contributed by atoms with Crippen LogP contribution in [0.25, 0.3) is 0 Å². The summed E-state index contributed by atoms with van der Waals surface area (Å²) in [6.45, 7) is 4.49. The number of carboxylic acid groups (broad SMARTS) is 1. The summed E-state index contributed by atoms with van der Waals surface area (Å²) in [7, 11) is 0. The van der Waals surface area contributed by atoms with Gasteiger partial charge in [-0.15, -0.1) is 0 Å². The first kappa shape index (κ1) is 21.0. The summed E-state index contributed by atoms with van der Waals surface area (Å²) in [6.07, 6.45) is 0.937. The van der Waals surface area contributed by atoms with Crippen LogP contribution in [0.15, 0.2) is 29.4 Å². The molecule has 0 spiro atoms. The number of carbonyl (C=O) groups is 2. The fourth-order valence-corrected chi connectivity index (χ4v) is 3.72. The van der Waals surface area contributed by atoms with Gasteiger partial charge < -0.3 is 20.6 Å². The van der Waals surface area contributed by atoms with Crippen LogP contribution in [-0.4, -0.2) is 58.0 Å². The van der Waals surface area contributed by atoms with Crippen LogP contribution in [0.5, 0.6) is 0 Å². The molecule has 1 aromatic rings. The fraction of sp³-hybridized carbons (Fsp3) is 0.550. The number of carbonyl (C=O) groups excluding carboxylic acids is 1. The number of hydrogen-bond acceptors (Lipinski definition) is 5. The molecule has 3 N–H and O–H groups in total. The quantitative estimate of drug-likeness (QED) is 0.325. The van der Waals surface area contributed by atoms with E-state index in [1.807, 2.05) is 13.8 Å². The first-order chi connectivity index (χ1) is 13.8.